The van der Waals surface area contributed by atoms with Gasteiger partial charge in [-0.15, -0.1) is 0 Å². The number of amides is 4. The lowest BCUT2D eigenvalue weighted by atomic mass is 10.2. The molecule has 5 N–H and O–H groups in total. The fraction of sp³-hybridized carbons (Fsp3) is 0.176. The molecule has 0 fully saturated rings. The molecule has 8 nitrogen and oxygen atoms in total. The number of urea groups is 2. The lowest BCUT2D eigenvalue weighted by Crippen LogP contribution is -2.34. The van der Waals surface area contributed by atoms with Gasteiger partial charge in [0.1, 0.15) is 0 Å². The Morgan fingerprint density at radius 3 is 2.28 bits per heavy atom. The molecule has 25 heavy (non-hydrogen) atoms. The van der Waals surface area contributed by atoms with Crippen LogP contribution in [0.3, 0.4) is 0 Å². The Hall–Kier alpha value is -3.42. The van der Waals surface area contributed by atoms with Gasteiger partial charge < -0.3 is 31.2 Å². The molecule has 0 saturated heterocycles. The van der Waals surface area contributed by atoms with Crippen molar-refractivity contribution in [3.05, 3.63) is 53.6 Å². The van der Waals surface area contributed by atoms with Gasteiger partial charge in [-0.05, 0) is 35.4 Å². The number of rotatable bonds is 5. The number of carbonyl (C=O) groups is 2. The highest BCUT2D eigenvalue weighted by Gasteiger charge is 2.13. The second-order valence-corrected chi connectivity index (χ2v) is 5.41. The molecule has 1 heterocycles. The summed E-state index contributed by atoms with van der Waals surface area (Å²) in [5, 5.41) is 8.01. The molecule has 8 heteroatoms. The quantitative estimate of drug-likeness (QED) is 0.664. The van der Waals surface area contributed by atoms with Crippen molar-refractivity contribution < 1.29 is 19.1 Å². The maximum absolute atomic E-state index is 11.9. The van der Waals surface area contributed by atoms with Gasteiger partial charge in [0.05, 0.1) is 0 Å². The second-order valence-electron chi connectivity index (χ2n) is 5.41. The monoisotopic (exact) mass is 342 g/mol. The second kappa shape index (κ2) is 7.43. The van der Waals surface area contributed by atoms with Gasteiger partial charge in [0.25, 0.3) is 0 Å². The molecule has 0 radical (unpaired) electrons. The van der Waals surface area contributed by atoms with Crippen LogP contribution < -0.4 is 31.2 Å². The number of carbonyl (C=O) groups excluding carboxylic acids is 2. The van der Waals surface area contributed by atoms with Crippen LogP contribution in [0.25, 0.3) is 0 Å². The minimum Gasteiger partial charge on any atom is -0.454 e. The van der Waals surface area contributed by atoms with Crippen molar-refractivity contribution in [1.82, 2.24) is 10.6 Å². The fourth-order valence-electron chi connectivity index (χ4n) is 2.33. The molecule has 0 unspecified atom stereocenters. The third kappa shape index (κ3) is 4.54. The number of hydrogen-bond acceptors (Lipinski definition) is 4. The molecule has 0 aliphatic carbocycles. The van der Waals surface area contributed by atoms with Crippen LogP contribution in [-0.4, -0.2) is 18.9 Å². The van der Waals surface area contributed by atoms with E-state index in [1.54, 1.807) is 24.3 Å². The highest BCUT2D eigenvalue weighted by Crippen LogP contribution is 2.32. The van der Waals surface area contributed by atoms with Crippen molar-refractivity contribution in [2.75, 3.05) is 12.1 Å². The number of anilines is 1. The number of nitrogens with one attached hydrogen (secondary N) is 3. The highest BCUT2D eigenvalue weighted by atomic mass is 16.7. The zero-order valence-corrected chi connectivity index (χ0v) is 13.4. The summed E-state index contributed by atoms with van der Waals surface area (Å²) in [6.07, 6.45) is 0. The lowest BCUT2D eigenvalue weighted by molar-refractivity contribution is 0.174. The molecular formula is C17H18N4O4. The first kappa shape index (κ1) is 16.4. The van der Waals surface area contributed by atoms with Gasteiger partial charge in [0, 0.05) is 18.8 Å². The molecule has 130 valence electrons. The first-order valence-electron chi connectivity index (χ1n) is 7.66. The standard InChI is InChI=1S/C17H18N4O4/c18-16(22)21-13-4-1-11(2-5-13)8-19-17(23)20-9-12-3-6-14-15(7-12)25-10-24-14/h1-7H,8-10H2,(H3,18,21,22)(H2,19,20,23). The van der Waals surface area contributed by atoms with Gasteiger partial charge in [-0.1, -0.05) is 18.2 Å². The summed E-state index contributed by atoms with van der Waals surface area (Å²) >= 11 is 0. The molecule has 4 amide bonds. The molecule has 0 atom stereocenters. The maximum Gasteiger partial charge on any atom is 0.316 e. The number of hydrogen-bond donors (Lipinski definition) is 4. The molecule has 2 aromatic rings. The van der Waals surface area contributed by atoms with Gasteiger partial charge in [-0.25, -0.2) is 9.59 Å². The Morgan fingerprint density at radius 1 is 0.920 bits per heavy atom. The van der Waals surface area contributed by atoms with E-state index in [0.29, 0.717) is 30.3 Å². The summed E-state index contributed by atoms with van der Waals surface area (Å²) in [7, 11) is 0. The number of primary amides is 1. The Morgan fingerprint density at radius 2 is 1.56 bits per heavy atom. The van der Waals surface area contributed by atoms with E-state index in [1.807, 2.05) is 18.2 Å². The van der Waals surface area contributed by atoms with E-state index in [-0.39, 0.29) is 12.8 Å². The lowest BCUT2D eigenvalue weighted by Gasteiger charge is -2.09. The van der Waals surface area contributed by atoms with Crippen LogP contribution in [0.5, 0.6) is 11.5 Å². The van der Waals surface area contributed by atoms with Gasteiger partial charge in [0.2, 0.25) is 6.79 Å². The van der Waals surface area contributed by atoms with Crippen molar-refractivity contribution >= 4 is 17.7 Å². The number of fused-ring (bicyclic) bond motifs is 1. The Kier molecular flexibility index (Phi) is 4.89. The van der Waals surface area contributed by atoms with Gasteiger partial charge in [-0.2, -0.15) is 0 Å². The maximum atomic E-state index is 11.9. The van der Waals surface area contributed by atoms with Crippen LogP contribution in [0, 0.1) is 0 Å². The van der Waals surface area contributed by atoms with Crippen LogP contribution in [0.15, 0.2) is 42.5 Å². The highest BCUT2D eigenvalue weighted by molar-refractivity contribution is 5.87. The molecule has 0 aromatic heterocycles. The first-order valence-corrected chi connectivity index (χ1v) is 7.66. The summed E-state index contributed by atoms with van der Waals surface area (Å²) in [5.41, 5.74) is 7.46. The zero-order valence-electron chi connectivity index (χ0n) is 13.4. The third-order valence-corrected chi connectivity index (χ3v) is 3.56. The first-order chi connectivity index (χ1) is 12.1. The predicted molar refractivity (Wildman–Crippen MR) is 91.3 cm³/mol. The fourth-order valence-corrected chi connectivity index (χ4v) is 2.33. The van der Waals surface area contributed by atoms with Crippen molar-refractivity contribution in [3.8, 4) is 11.5 Å². The van der Waals surface area contributed by atoms with Crippen LogP contribution in [0.2, 0.25) is 0 Å². The van der Waals surface area contributed by atoms with Crippen LogP contribution in [0.4, 0.5) is 15.3 Å². The molecule has 0 saturated carbocycles. The topological polar surface area (TPSA) is 115 Å². The Labute approximate surface area is 144 Å². The van der Waals surface area contributed by atoms with Crippen LogP contribution in [-0.2, 0) is 13.1 Å². The molecule has 2 aromatic carbocycles. The number of benzene rings is 2. The van der Waals surface area contributed by atoms with Crippen LogP contribution >= 0.6 is 0 Å². The SMILES string of the molecule is NC(=O)Nc1ccc(CNC(=O)NCc2ccc3c(c2)OCO3)cc1. The average molecular weight is 342 g/mol. The van der Waals surface area contributed by atoms with Gasteiger partial charge in [0.15, 0.2) is 11.5 Å². The van der Waals surface area contributed by atoms with E-state index in [2.05, 4.69) is 16.0 Å². The summed E-state index contributed by atoms with van der Waals surface area (Å²) < 4.78 is 10.5. The zero-order chi connectivity index (χ0) is 17.6. The summed E-state index contributed by atoms with van der Waals surface area (Å²) in [6.45, 7) is 0.966. The summed E-state index contributed by atoms with van der Waals surface area (Å²) in [6, 6.07) is 11.7. The Balaban J connectivity index is 1.44. The molecule has 1 aliphatic rings. The number of nitrogens with two attached hydrogens (primary N) is 1. The van der Waals surface area contributed by atoms with Gasteiger partial charge >= 0.3 is 12.1 Å². The van der Waals surface area contributed by atoms with E-state index in [1.165, 1.54) is 0 Å². The van der Waals surface area contributed by atoms with E-state index in [0.717, 1.165) is 11.1 Å². The normalized spacial score (nSPS) is 11.7. The summed E-state index contributed by atoms with van der Waals surface area (Å²) in [4.78, 5) is 22.6. The predicted octanol–water partition coefficient (Wildman–Crippen LogP) is 1.91. The van der Waals surface area contributed by atoms with Crippen molar-refractivity contribution in [2.45, 2.75) is 13.1 Å². The largest absolute Gasteiger partial charge is 0.454 e. The summed E-state index contributed by atoms with van der Waals surface area (Å²) in [5.74, 6) is 1.40. The van der Waals surface area contributed by atoms with E-state index in [4.69, 9.17) is 15.2 Å². The van der Waals surface area contributed by atoms with E-state index >= 15 is 0 Å². The molecule has 3 rings (SSSR count). The number of ether oxygens (including phenoxy) is 2. The third-order valence-electron chi connectivity index (χ3n) is 3.56. The van der Waals surface area contributed by atoms with Gasteiger partial charge in [-0.3, -0.25) is 0 Å². The minimum atomic E-state index is -0.617. The minimum absolute atomic E-state index is 0.223. The molecule has 1 aliphatic heterocycles. The van der Waals surface area contributed by atoms with Crippen molar-refractivity contribution in [3.63, 3.8) is 0 Å². The molecule has 0 spiro atoms. The average Bonchev–Trinajstić information content (AvgIpc) is 3.06. The molecule has 0 bridgehead atoms. The smallest absolute Gasteiger partial charge is 0.316 e. The Bertz CT molecular complexity index is 777. The molecular weight excluding hydrogens is 324 g/mol. The van der Waals surface area contributed by atoms with Crippen molar-refractivity contribution in [1.29, 1.82) is 0 Å². The van der Waals surface area contributed by atoms with Crippen LogP contribution in [0.1, 0.15) is 11.1 Å². The van der Waals surface area contributed by atoms with E-state index in [9.17, 15) is 9.59 Å². The van der Waals surface area contributed by atoms with E-state index < -0.39 is 6.03 Å². The van der Waals surface area contributed by atoms with Crippen molar-refractivity contribution in [2.24, 2.45) is 5.73 Å².